The fraction of sp³-hybridized carbons (Fsp3) is 0.308. The summed E-state index contributed by atoms with van der Waals surface area (Å²) in [5, 5.41) is 10.4. The Morgan fingerprint density at radius 2 is 1.74 bits per heavy atom. The van der Waals surface area contributed by atoms with Gasteiger partial charge in [-0.2, -0.15) is 0 Å². The van der Waals surface area contributed by atoms with E-state index in [1.807, 2.05) is 25.1 Å². The molecule has 1 fully saturated rings. The van der Waals surface area contributed by atoms with Crippen molar-refractivity contribution in [2.24, 2.45) is 5.92 Å². The van der Waals surface area contributed by atoms with E-state index in [0.29, 0.717) is 17.1 Å². The summed E-state index contributed by atoms with van der Waals surface area (Å²) in [7, 11) is 0. The van der Waals surface area contributed by atoms with Gasteiger partial charge in [0.15, 0.2) is 0 Å². The van der Waals surface area contributed by atoms with Crippen molar-refractivity contribution in [3.63, 3.8) is 0 Å². The number of benzene rings is 2. The highest BCUT2D eigenvalue weighted by atomic mass is 35.5. The molecule has 2 aromatic rings. The zero-order valence-electron chi connectivity index (χ0n) is 18.1. The van der Waals surface area contributed by atoms with Crippen LogP contribution >= 0.6 is 11.6 Å². The fourth-order valence-corrected chi connectivity index (χ4v) is 4.84. The summed E-state index contributed by atoms with van der Waals surface area (Å²) in [5.74, 6) is -1.38. The normalized spacial score (nSPS) is 23.3. The van der Waals surface area contributed by atoms with E-state index >= 15 is 0 Å². The van der Waals surface area contributed by atoms with E-state index in [1.54, 1.807) is 29.2 Å². The number of aromatic carboxylic acids is 1. The van der Waals surface area contributed by atoms with Crippen LogP contribution in [0.1, 0.15) is 55.6 Å². The number of carbonyl (C=O) groups excluding carboxylic acids is 1. The van der Waals surface area contributed by atoms with E-state index in [4.69, 9.17) is 11.6 Å². The van der Waals surface area contributed by atoms with E-state index in [0.717, 1.165) is 11.3 Å². The number of para-hydroxylation sites is 1. The third kappa shape index (κ3) is 3.39. The highest BCUT2D eigenvalue weighted by Crippen LogP contribution is 2.52. The van der Waals surface area contributed by atoms with Crippen molar-refractivity contribution in [1.82, 2.24) is 0 Å². The second kappa shape index (κ2) is 7.38. The number of carbonyl (C=O) groups is 2. The first-order valence-corrected chi connectivity index (χ1v) is 10.8. The number of anilines is 1. The van der Waals surface area contributed by atoms with Crippen LogP contribution in [0.4, 0.5) is 5.69 Å². The van der Waals surface area contributed by atoms with Crippen LogP contribution in [0.25, 0.3) is 0 Å². The molecule has 1 aliphatic carbocycles. The first-order valence-electron chi connectivity index (χ1n) is 10.4. The van der Waals surface area contributed by atoms with E-state index < -0.39 is 11.4 Å². The molecule has 1 heterocycles. The molecule has 0 radical (unpaired) electrons. The third-order valence-electron chi connectivity index (χ3n) is 6.52. The van der Waals surface area contributed by atoms with Gasteiger partial charge in [0.25, 0.3) is 0 Å². The van der Waals surface area contributed by atoms with Gasteiger partial charge >= 0.3 is 5.97 Å². The lowest BCUT2D eigenvalue weighted by Crippen LogP contribution is -2.38. The molecule has 4 nitrogen and oxygen atoms in total. The van der Waals surface area contributed by atoms with Crippen molar-refractivity contribution in [2.45, 2.75) is 44.9 Å². The van der Waals surface area contributed by atoms with E-state index in [9.17, 15) is 14.7 Å². The third-order valence-corrected chi connectivity index (χ3v) is 6.80. The first kappa shape index (κ1) is 21.4. The highest BCUT2D eigenvalue weighted by Gasteiger charge is 2.56. The number of hydrogen-bond donors (Lipinski definition) is 1. The number of hydrogen-bond acceptors (Lipinski definition) is 2. The Labute approximate surface area is 187 Å². The predicted octanol–water partition coefficient (Wildman–Crippen LogP) is 6.01. The van der Waals surface area contributed by atoms with Crippen LogP contribution in [0, 0.1) is 5.92 Å². The Morgan fingerprint density at radius 1 is 1.10 bits per heavy atom. The molecule has 2 aliphatic rings. The minimum atomic E-state index is -1.06. The van der Waals surface area contributed by atoms with Crippen molar-refractivity contribution in [3.05, 3.63) is 88.1 Å². The molecule has 4 rings (SSSR count). The standard InChI is InChI=1S/C26H26ClNO3/c1-25(2,3)16-9-11-17(12-10-16)26(4)20-15-18(27)13-14-22(20)28(24(26)31)21-8-6-5-7-19(21)23(29)30/h5-14,20H,15H2,1-4H3,(H,29,30). The number of halogens is 1. The second-order valence-electron chi connectivity index (χ2n) is 9.45. The number of fused-ring (bicyclic) bond motifs is 1. The summed E-state index contributed by atoms with van der Waals surface area (Å²) in [4.78, 5) is 27.4. The van der Waals surface area contributed by atoms with Crippen LogP contribution in [0.5, 0.6) is 0 Å². The van der Waals surface area contributed by atoms with Crippen molar-refractivity contribution >= 4 is 29.2 Å². The molecule has 0 bridgehead atoms. The zero-order chi connectivity index (χ0) is 22.6. The topological polar surface area (TPSA) is 57.6 Å². The van der Waals surface area contributed by atoms with Gasteiger partial charge in [-0.05, 0) is 54.2 Å². The van der Waals surface area contributed by atoms with E-state index in [-0.39, 0.29) is 22.8 Å². The Morgan fingerprint density at radius 3 is 2.35 bits per heavy atom. The van der Waals surface area contributed by atoms with Gasteiger partial charge in [-0.25, -0.2) is 4.79 Å². The van der Waals surface area contributed by atoms with Crippen LogP contribution in [0.3, 0.4) is 0 Å². The summed E-state index contributed by atoms with van der Waals surface area (Å²) >= 11 is 6.40. The maximum atomic E-state index is 14.0. The lowest BCUT2D eigenvalue weighted by atomic mass is 9.70. The SMILES string of the molecule is CC(C)(C)c1ccc(C2(C)C(=O)N(c3ccccc3C(=O)O)C3=CC=C(Cl)CC32)cc1. The molecular formula is C26H26ClNO3. The van der Waals surface area contributed by atoms with Crippen molar-refractivity contribution in [2.75, 3.05) is 4.90 Å². The Balaban J connectivity index is 1.88. The van der Waals surface area contributed by atoms with Crippen LogP contribution in [-0.2, 0) is 15.6 Å². The largest absolute Gasteiger partial charge is 0.478 e. The summed E-state index contributed by atoms with van der Waals surface area (Å²) in [6.45, 7) is 8.41. The molecule has 0 saturated carbocycles. The van der Waals surface area contributed by atoms with Crippen LogP contribution in [-0.4, -0.2) is 17.0 Å². The van der Waals surface area contributed by atoms with Crippen LogP contribution < -0.4 is 4.90 Å². The molecule has 31 heavy (non-hydrogen) atoms. The van der Waals surface area contributed by atoms with Crippen molar-refractivity contribution in [1.29, 1.82) is 0 Å². The number of allylic oxidation sites excluding steroid dienone is 4. The van der Waals surface area contributed by atoms with Gasteiger partial charge in [-0.15, -0.1) is 0 Å². The molecule has 2 unspecified atom stereocenters. The maximum Gasteiger partial charge on any atom is 0.337 e. The molecule has 1 amide bonds. The average molecular weight is 436 g/mol. The summed E-state index contributed by atoms with van der Waals surface area (Å²) < 4.78 is 0. The summed E-state index contributed by atoms with van der Waals surface area (Å²) in [6.07, 6.45) is 4.18. The summed E-state index contributed by atoms with van der Waals surface area (Å²) in [5.41, 5.74) is 2.51. The van der Waals surface area contributed by atoms with Gasteiger partial charge in [-0.3, -0.25) is 9.69 Å². The Hall–Kier alpha value is -2.85. The number of rotatable bonds is 3. The number of carboxylic acid groups (broad SMARTS) is 1. The second-order valence-corrected chi connectivity index (χ2v) is 9.94. The zero-order valence-corrected chi connectivity index (χ0v) is 18.9. The molecule has 1 N–H and O–H groups in total. The fourth-order valence-electron chi connectivity index (χ4n) is 4.63. The Bertz CT molecular complexity index is 1120. The van der Waals surface area contributed by atoms with Crippen LogP contribution in [0.15, 0.2) is 71.4 Å². The van der Waals surface area contributed by atoms with E-state index in [1.165, 1.54) is 11.6 Å². The molecule has 2 aromatic carbocycles. The molecule has 160 valence electrons. The molecular weight excluding hydrogens is 410 g/mol. The van der Waals surface area contributed by atoms with Gasteiger partial charge in [0.05, 0.1) is 16.7 Å². The average Bonchev–Trinajstić information content (AvgIpc) is 2.95. The lowest BCUT2D eigenvalue weighted by molar-refractivity contribution is -0.122. The Kier molecular flexibility index (Phi) is 5.09. The molecule has 0 aromatic heterocycles. The maximum absolute atomic E-state index is 14.0. The minimum Gasteiger partial charge on any atom is -0.478 e. The smallest absolute Gasteiger partial charge is 0.337 e. The lowest BCUT2D eigenvalue weighted by Gasteiger charge is -2.31. The number of amides is 1. The number of nitrogens with zero attached hydrogens (tertiary/aromatic N) is 1. The molecule has 1 aliphatic heterocycles. The highest BCUT2D eigenvalue weighted by molar-refractivity contribution is 6.30. The minimum absolute atomic E-state index is 0.00747. The molecule has 5 heteroatoms. The quantitative estimate of drug-likeness (QED) is 0.641. The van der Waals surface area contributed by atoms with Gasteiger partial charge in [-0.1, -0.05) is 68.8 Å². The van der Waals surface area contributed by atoms with Gasteiger partial charge in [0, 0.05) is 16.6 Å². The van der Waals surface area contributed by atoms with Crippen LogP contribution in [0.2, 0.25) is 0 Å². The molecule has 1 saturated heterocycles. The molecule has 2 atom stereocenters. The van der Waals surface area contributed by atoms with Crippen molar-refractivity contribution in [3.8, 4) is 0 Å². The van der Waals surface area contributed by atoms with Gasteiger partial charge < -0.3 is 5.11 Å². The van der Waals surface area contributed by atoms with Gasteiger partial charge in [0.1, 0.15) is 0 Å². The molecule has 0 spiro atoms. The van der Waals surface area contributed by atoms with Crippen molar-refractivity contribution < 1.29 is 14.7 Å². The predicted molar refractivity (Wildman–Crippen MR) is 124 cm³/mol. The number of carboxylic acids is 1. The monoisotopic (exact) mass is 435 g/mol. The first-order chi connectivity index (χ1) is 14.5. The summed E-state index contributed by atoms with van der Waals surface area (Å²) in [6, 6.07) is 14.8. The van der Waals surface area contributed by atoms with E-state index in [2.05, 4.69) is 32.9 Å². The van der Waals surface area contributed by atoms with Gasteiger partial charge in [0.2, 0.25) is 5.91 Å².